The highest BCUT2D eigenvalue weighted by atomic mass is 16.5. The van der Waals surface area contributed by atoms with Crippen molar-refractivity contribution in [2.45, 2.75) is 60.8 Å². The van der Waals surface area contributed by atoms with E-state index in [-0.39, 0.29) is 5.41 Å². The van der Waals surface area contributed by atoms with Crippen LogP contribution in [0, 0.1) is 17.8 Å². The fraction of sp³-hybridized carbons (Fsp3) is 0.867. The van der Waals surface area contributed by atoms with Gasteiger partial charge in [0.05, 0.1) is 6.61 Å². The molecule has 0 spiro atoms. The van der Waals surface area contributed by atoms with E-state index in [4.69, 9.17) is 9.26 Å². The molecule has 0 amide bonds. The van der Waals surface area contributed by atoms with Crippen molar-refractivity contribution in [3.05, 3.63) is 11.7 Å². The Morgan fingerprint density at radius 3 is 2.37 bits per heavy atom. The van der Waals surface area contributed by atoms with E-state index in [1.807, 2.05) is 6.92 Å². The summed E-state index contributed by atoms with van der Waals surface area (Å²) in [6, 6.07) is 0. The first kappa shape index (κ1) is 16.2. The van der Waals surface area contributed by atoms with Gasteiger partial charge in [-0.25, -0.2) is 0 Å². The van der Waals surface area contributed by atoms with Gasteiger partial charge in [-0.15, -0.1) is 0 Å². The lowest BCUT2D eigenvalue weighted by Gasteiger charge is -2.23. The molecule has 0 fully saturated rings. The maximum Gasteiger partial charge on any atom is 0.227 e. The van der Waals surface area contributed by atoms with Gasteiger partial charge in [0.1, 0.15) is 0 Å². The van der Waals surface area contributed by atoms with E-state index in [1.54, 1.807) is 0 Å². The van der Waals surface area contributed by atoms with Crippen LogP contribution >= 0.6 is 0 Å². The SMILES string of the molecule is Cc1noc(CC(C)(C)COCCCC(C)(C)C)n1. The Hall–Kier alpha value is -0.900. The maximum atomic E-state index is 5.78. The van der Waals surface area contributed by atoms with E-state index in [1.165, 1.54) is 6.42 Å². The molecule has 4 heteroatoms. The molecule has 110 valence electrons. The van der Waals surface area contributed by atoms with Crippen LogP contribution in [0.4, 0.5) is 0 Å². The van der Waals surface area contributed by atoms with E-state index in [0.29, 0.717) is 17.1 Å². The molecular formula is C15H28N2O2. The molecule has 0 saturated heterocycles. The Morgan fingerprint density at radius 2 is 1.84 bits per heavy atom. The highest BCUT2D eigenvalue weighted by Crippen LogP contribution is 2.23. The molecule has 0 aromatic carbocycles. The Balaban J connectivity index is 2.23. The highest BCUT2D eigenvalue weighted by molar-refractivity contribution is 4.88. The molecule has 0 atom stereocenters. The van der Waals surface area contributed by atoms with Crippen LogP contribution in [0.15, 0.2) is 4.52 Å². The summed E-state index contributed by atoms with van der Waals surface area (Å²) >= 11 is 0. The van der Waals surface area contributed by atoms with Crippen molar-refractivity contribution >= 4 is 0 Å². The van der Waals surface area contributed by atoms with Crippen molar-refractivity contribution in [1.29, 1.82) is 0 Å². The summed E-state index contributed by atoms with van der Waals surface area (Å²) in [5.74, 6) is 1.39. The van der Waals surface area contributed by atoms with Crippen LogP contribution in [0.25, 0.3) is 0 Å². The summed E-state index contributed by atoms with van der Waals surface area (Å²) in [4.78, 5) is 4.24. The number of aryl methyl sites for hydroxylation is 1. The van der Waals surface area contributed by atoms with Crippen LogP contribution in [0.2, 0.25) is 0 Å². The van der Waals surface area contributed by atoms with Gasteiger partial charge >= 0.3 is 0 Å². The first-order valence-electron chi connectivity index (χ1n) is 7.05. The van der Waals surface area contributed by atoms with Crippen molar-refractivity contribution in [3.8, 4) is 0 Å². The topological polar surface area (TPSA) is 48.2 Å². The normalized spacial score (nSPS) is 12.9. The van der Waals surface area contributed by atoms with Gasteiger partial charge in [0, 0.05) is 13.0 Å². The van der Waals surface area contributed by atoms with Gasteiger partial charge in [0.2, 0.25) is 5.89 Å². The Bertz CT molecular complexity index is 378. The molecule has 0 saturated carbocycles. The molecule has 0 radical (unpaired) electrons. The number of hydrogen-bond acceptors (Lipinski definition) is 4. The van der Waals surface area contributed by atoms with E-state index >= 15 is 0 Å². The van der Waals surface area contributed by atoms with Gasteiger partial charge in [-0.05, 0) is 30.6 Å². The summed E-state index contributed by atoms with van der Waals surface area (Å²) in [7, 11) is 0. The van der Waals surface area contributed by atoms with Crippen LogP contribution in [-0.2, 0) is 11.2 Å². The second-order valence-electron chi connectivity index (χ2n) is 7.29. The Labute approximate surface area is 116 Å². The van der Waals surface area contributed by atoms with Crippen molar-refractivity contribution in [2.75, 3.05) is 13.2 Å². The first-order chi connectivity index (χ1) is 8.68. The molecule has 4 nitrogen and oxygen atoms in total. The largest absolute Gasteiger partial charge is 0.381 e. The van der Waals surface area contributed by atoms with E-state index in [9.17, 15) is 0 Å². The van der Waals surface area contributed by atoms with Gasteiger partial charge in [-0.1, -0.05) is 39.8 Å². The second kappa shape index (κ2) is 6.51. The fourth-order valence-electron chi connectivity index (χ4n) is 1.93. The zero-order valence-electron chi connectivity index (χ0n) is 13.2. The van der Waals surface area contributed by atoms with Gasteiger partial charge < -0.3 is 9.26 Å². The number of nitrogens with zero attached hydrogens (tertiary/aromatic N) is 2. The zero-order chi connectivity index (χ0) is 14.5. The van der Waals surface area contributed by atoms with Crippen LogP contribution in [0.3, 0.4) is 0 Å². The predicted octanol–water partition coefficient (Wildman–Crippen LogP) is 3.79. The Morgan fingerprint density at radius 1 is 1.16 bits per heavy atom. The van der Waals surface area contributed by atoms with E-state index in [2.05, 4.69) is 44.8 Å². The molecule has 0 bridgehead atoms. The number of aromatic nitrogens is 2. The third-order valence-electron chi connectivity index (χ3n) is 2.91. The monoisotopic (exact) mass is 268 g/mol. The van der Waals surface area contributed by atoms with Crippen LogP contribution in [0.1, 0.15) is 59.2 Å². The Kier molecular flexibility index (Phi) is 5.53. The minimum absolute atomic E-state index is 0.0285. The van der Waals surface area contributed by atoms with Gasteiger partial charge in [0.15, 0.2) is 5.82 Å². The standard InChI is InChI=1S/C15H28N2O2/c1-12-16-13(19-17-12)10-15(5,6)11-18-9-7-8-14(2,3)4/h7-11H2,1-6H3. The molecular weight excluding hydrogens is 240 g/mol. The van der Waals surface area contributed by atoms with Gasteiger partial charge in [-0.3, -0.25) is 0 Å². The van der Waals surface area contributed by atoms with Crippen LogP contribution in [-0.4, -0.2) is 23.4 Å². The lowest BCUT2D eigenvalue weighted by atomic mass is 9.90. The molecule has 0 aliphatic carbocycles. The van der Waals surface area contributed by atoms with Gasteiger partial charge in [0.25, 0.3) is 0 Å². The lowest BCUT2D eigenvalue weighted by molar-refractivity contribution is 0.0527. The van der Waals surface area contributed by atoms with Crippen LogP contribution in [0.5, 0.6) is 0 Å². The molecule has 0 aliphatic rings. The number of rotatable bonds is 7. The smallest absolute Gasteiger partial charge is 0.227 e. The fourth-order valence-corrected chi connectivity index (χ4v) is 1.93. The van der Waals surface area contributed by atoms with E-state index in [0.717, 1.165) is 26.1 Å². The average Bonchev–Trinajstić information content (AvgIpc) is 2.60. The molecule has 1 heterocycles. The quantitative estimate of drug-likeness (QED) is 0.706. The van der Waals surface area contributed by atoms with Crippen molar-refractivity contribution < 1.29 is 9.26 Å². The summed E-state index contributed by atoms with van der Waals surface area (Å²) in [6.45, 7) is 14.5. The number of hydrogen-bond donors (Lipinski definition) is 0. The molecule has 0 N–H and O–H groups in total. The summed E-state index contributed by atoms with van der Waals surface area (Å²) in [6.07, 6.45) is 3.06. The lowest BCUT2D eigenvalue weighted by Crippen LogP contribution is -2.23. The zero-order valence-corrected chi connectivity index (χ0v) is 13.2. The molecule has 1 aromatic heterocycles. The summed E-state index contributed by atoms with van der Waals surface area (Å²) in [5.41, 5.74) is 0.418. The summed E-state index contributed by atoms with van der Waals surface area (Å²) < 4.78 is 10.9. The molecule has 1 rings (SSSR count). The second-order valence-corrected chi connectivity index (χ2v) is 7.29. The van der Waals surface area contributed by atoms with Gasteiger partial charge in [-0.2, -0.15) is 4.98 Å². The maximum absolute atomic E-state index is 5.78. The minimum Gasteiger partial charge on any atom is -0.381 e. The molecule has 1 aromatic rings. The minimum atomic E-state index is 0.0285. The van der Waals surface area contributed by atoms with Crippen molar-refractivity contribution in [1.82, 2.24) is 10.1 Å². The average molecular weight is 268 g/mol. The first-order valence-corrected chi connectivity index (χ1v) is 7.05. The highest BCUT2D eigenvalue weighted by Gasteiger charge is 2.22. The van der Waals surface area contributed by atoms with Crippen molar-refractivity contribution in [3.63, 3.8) is 0 Å². The number of ether oxygens (including phenoxy) is 1. The third kappa shape index (κ3) is 7.31. The predicted molar refractivity (Wildman–Crippen MR) is 76.0 cm³/mol. The molecule has 19 heavy (non-hydrogen) atoms. The van der Waals surface area contributed by atoms with Crippen LogP contribution < -0.4 is 0 Å². The molecule has 0 unspecified atom stereocenters. The van der Waals surface area contributed by atoms with E-state index < -0.39 is 0 Å². The molecule has 0 aliphatic heterocycles. The van der Waals surface area contributed by atoms with Crippen molar-refractivity contribution in [2.24, 2.45) is 10.8 Å². The summed E-state index contributed by atoms with van der Waals surface area (Å²) in [5, 5.41) is 3.81. The third-order valence-corrected chi connectivity index (χ3v) is 2.91.